The van der Waals surface area contributed by atoms with E-state index in [0.717, 1.165) is 16.4 Å². The highest BCUT2D eigenvalue weighted by Gasteiger charge is 2.40. The third-order valence-corrected chi connectivity index (χ3v) is 5.17. The van der Waals surface area contributed by atoms with E-state index in [1.54, 1.807) is 0 Å². The van der Waals surface area contributed by atoms with Crippen molar-refractivity contribution in [2.75, 3.05) is 19.6 Å². The molecule has 1 aromatic rings. The van der Waals surface area contributed by atoms with Gasteiger partial charge in [0.25, 0.3) is 0 Å². The average Bonchev–Trinajstić information content (AvgIpc) is 2.46. The Bertz CT molecular complexity index is 675. The van der Waals surface area contributed by atoms with Crippen molar-refractivity contribution in [2.45, 2.75) is 17.1 Å². The second-order valence-corrected chi connectivity index (χ2v) is 6.61. The fraction of sp³-hybridized carbons (Fsp3) is 0.417. The number of alkyl halides is 3. The predicted octanol–water partition coefficient (Wildman–Crippen LogP) is 0.752. The molecule has 0 aromatic heterocycles. The van der Waals surface area contributed by atoms with Crippen LogP contribution >= 0.6 is 0 Å². The Kier molecular flexibility index (Phi) is 4.45. The molecule has 2 N–H and O–H groups in total. The fourth-order valence-electron chi connectivity index (χ4n) is 2.17. The van der Waals surface area contributed by atoms with Gasteiger partial charge in [-0.15, -0.1) is 0 Å². The van der Waals surface area contributed by atoms with E-state index in [1.165, 1.54) is 6.07 Å². The zero-order valence-electron chi connectivity index (χ0n) is 11.2. The van der Waals surface area contributed by atoms with Gasteiger partial charge in [0.05, 0.1) is 10.5 Å². The minimum atomic E-state index is -4.82. The SMILES string of the molecule is O=C(O)C1CN(S(=O)(=O)c2ccccc2C(F)(F)F)CCN1. The summed E-state index contributed by atoms with van der Waals surface area (Å²) in [6.45, 7) is -0.480. The van der Waals surface area contributed by atoms with E-state index in [0.29, 0.717) is 6.07 Å². The summed E-state index contributed by atoms with van der Waals surface area (Å²) in [5.41, 5.74) is -1.26. The molecule has 0 spiro atoms. The summed E-state index contributed by atoms with van der Waals surface area (Å²) in [5, 5.41) is 11.5. The van der Waals surface area contributed by atoms with Crippen LogP contribution in [-0.2, 0) is 21.0 Å². The molecule has 6 nitrogen and oxygen atoms in total. The first-order valence-electron chi connectivity index (χ1n) is 6.26. The maximum absolute atomic E-state index is 13.0. The summed E-state index contributed by atoms with van der Waals surface area (Å²) in [6.07, 6.45) is -4.82. The molecule has 1 aliphatic rings. The van der Waals surface area contributed by atoms with Crippen LogP contribution in [0.15, 0.2) is 29.2 Å². The normalized spacial score (nSPS) is 20.8. The van der Waals surface area contributed by atoms with Gasteiger partial charge in [-0.25, -0.2) is 8.42 Å². The van der Waals surface area contributed by atoms with E-state index in [9.17, 15) is 26.4 Å². The van der Waals surface area contributed by atoms with Gasteiger partial charge in [0.15, 0.2) is 0 Å². The van der Waals surface area contributed by atoms with Gasteiger partial charge in [-0.1, -0.05) is 12.1 Å². The number of rotatable bonds is 3. The van der Waals surface area contributed by atoms with E-state index >= 15 is 0 Å². The first kappa shape index (κ1) is 16.7. The van der Waals surface area contributed by atoms with Crippen molar-refractivity contribution in [3.63, 3.8) is 0 Å². The second kappa shape index (κ2) is 5.86. The maximum atomic E-state index is 13.0. The first-order chi connectivity index (χ1) is 10.1. The number of carbonyl (C=O) groups is 1. The number of piperazine rings is 1. The van der Waals surface area contributed by atoms with Gasteiger partial charge < -0.3 is 10.4 Å². The molecule has 1 heterocycles. The largest absolute Gasteiger partial charge is 0.480 e. The Morgan fingerprint density at radius 1 is 1.32 bits per heavy atom. The van der Waals surface area contributed by atoms with Crippen LogP contribution in [0.3, 0.4) is 0 Å². The van der Waals surface area contributed by atoms with Gasteiger partial charge in [-0.3, -0.25) is 4.79 Å². The van der Waals surface area contributed by atoms with Gasteiger partial charge in [-0.05, 0) is 12.1 Å². The van der Waals surface area contributed by atoms with Crippen molar-refractivity contribution in [1.82, 2.24) is 9.62 Å². The van der Waals surface area contributed by atoms with Crippen molar-refractivity contribution < 1.29 is 31.5 Å². The number of carboxylic acids is 1. The van der Waals surface area contributed by atoms with Gasteiger partial charge in [0.1, 0.15) is 6.04 Å². The standard InChI is InChI=1S/C12H13F3N2O4S/c13-12(14,15)8-3-1-2-4-10(8)22(20,21)17-6-5-16-9(7-17)11(18)19/h1-4,9,16H,5-7H2,(H,18,19). The number of sulfonamides is 1. The van der Waals surface area contributed by atoms with Crippen LogP contribution in [0.1, 0.15) is 5.56 Å². The summed E-state index contributed by atoms with van der Waals surface area (Å²) in [4.78, 5) is 10.1. The Balaban J connectivity index is 2.41. The first-order valence-corrected chi connectivity index (χ1v) is 7.70. The lowest BCUT2D eigenvalue weighted by molar-refractivity contribution is -0.141. The van der Waals surface area contributed by atoms with Crippen molar-refractivity contribution in [3.8, 4) is 0 Å². The summed E-state index contributed by atoms with van der Waals surface area (Å²) >= 11 is 0. The molecule has 1 fully saturated rings. The van der Waals surface area contributed by atoms with Crippen molar-refractivity contribution in [3.05, 3.63) is 29.8 Å². The molecule has 22 heavy (non-hydrogen) atoms. The molecular formula is C12H13F3N2O4S. The number of hydrogen-bond acceptors (Lipinski definition) is 4. The molecule has 1 atom stereocenters. The minimum absolute atomic E-state index is 0.0460. The molecule has 1 unspecified atom stereocenters. The zero-order chi connectivity index (χ0) is 16.5. The third-order valence-electron chi connectivity index (χ3n) is 3.25. The van der Waals surface area contributed by atoms with Gasteiger partial charge >= 0.3 is 12.1 Å². The number of halogens is 3. The van der Waals surface area contributed by atoms with Crippen LogP contribution in [0.25, 0.3) is 0 Å². The van der Waals surface area contributed by atoms with Crippen LogP contribution in [0.2, 0.25) is 0 Å². The number of carboxylic acid groups (broad SMARTS) is 1. The number of benzene rings is 1. The van der Waals surface area contributed by atoms with E-state index in [1.807, 2.05) is 0 Å². The van der Waals surface area contributed by atoms with Gasteiger partial charge in [-0.2, -0.15) is 17.5 Å². The molecule has 0 aliphatic carbocycles. The Morgan fingerprint density at radius 2 is 1.95 bits per heavy atom. The fourth-order valence-corrected chi connectivity index (χ4v) is 3.84. The highest BCUT2D eigenvalue weighted by atomic mass is 32.2. The molecule has 0 radical (unpaired) electrons. The monoisotopic (exact) mass is 338 g/mol. The van der Waals surface area contributed by atoms with Crippen LogP contribution in [-0.4, -0.2) is 49.5 Å². The van der Waals surface area contributed by atoms with Crippen LogP contribution in [0, 0.1) is 0 Å². The summed E-state index contributed by atoms with van der Waals surface area (Å²) < 4.78 is 64.5. The Morgan fingerprint density at radius 3 is 2.55 bits per heavy atom. The summed E-state index contributed by atoms with van der Waals surface area (Å²) in [6, 6.07) is 2.69. The van der Waals surface area contributed by atoms with Crippen molar-refractivity contribution >= 4 is 16.0 Å². The lowest BCUT2D eigenvalue weighted by Crippen LogP contribution is -2.55. The molecule has 1 aromatic carbocycles. The van der Waals surface area contributed by atoms with Crippen molar-refractivity contribution in [1.29, 1.82) is 0 Å². The smallest absolute Gasteiger partial charge is 0.417 e. The predicted molar refractivity (Wildman–Crippen MR) is 69.6 cm³/mol. The number of nitrogens with one attached hydrogen (secondary N) is 1. The highest BCUT2D eigenvalue weighted by Crippen LogP contribution is 2.35. The Hall–Kier alpha value is -1.65. The molecule has 2 rings (SSSR count). The third kappa shape index (κ3) is 3.23. The van der Waals surface area contributed by atoms with Gasteiger partial charge in [0.2, 0.25) is 10.0 Å². The van der Waals surface area contributed by atoms with E-state index < -0.39 is 45.2 Å². The molecule has 0 bridgehead atoms. The molecule has 0 amide bonds. The summed E-state index contributed by atoms with van der Waals surface area (Å²) in [5.74, 6) is -1.26. The minimum Gasteiger partial charge on any atom is -0.480 e. The van der Waals surface area contributed by atoms with Crippen LogP contribution in [0.5, 0.6) is 0 Å². The zero-order valence-corrected chi connectivity index (χ0v) is 12.0. The molecule has 0 saturated carbocycles. The maximum Gasteiger partial charge on any atom is 0.417 e. The quantitative estimate of drug-likeness (QED) is 0.849. The summed E-state index contributed by atoms with van der Waals surface area (Å²) in [7, 11) is -4.43. The topological polar surface area (TPSA) is 86.7 Å². The average molecular weight is 338 g/mol. The van der Waals surface area contributed by atoms with Crippen LogP contribution in [0.4, 0.5) is 13.2 Å². The second-order valence-electron chi connectivity index (χ2n) is 4.70. The number of hydrogen-bond donors (Lipinski definition) is 2. The number of aliphatic carboxylic acids is 1. The molecule has 10 heteroatoms. The van der Waals surface area contributed by atoms with Gasteiger partial charge in [0, 0.05) is 19.6 Å². The van der Waals surface area contributed by atoms with E-state index in [-0.39, 0.29) is 13.1 Å². The lowest BCUT2D eigenvalue weighted by atomic mass is 10.2. The molecule has 122 valence electrons. The molecule has 1 aliphatic heterocycles. The lowest BCUT2D eigenvalue weighted by Gasteiger charge is -2.31. The Labute approximate surface area is 124 Å². The van der Waals surface area contributed by atoms with E-state index in [2.05, 4.69) is 5.32 Å². The van der Waals surface area contributed by atoms with Crippen molar-refractivity contribution in [2.24, 2.45) is 0 Å². The number of nitrogens with zero attached hydrogens (tertiary/aromatic N) is 1. The highest BCUT2D eigenvalue weighted by molar-refractivity contribution is 7.89. The molecule has 1 saturated heterocycles. The van der Waals surface area contributed by atoms with Crippen LogP contribution < -0.4 is 5.32 Å². The molecular weight excluding hydrogens is 325 g/mol. The van der Waals surface area contributed by atoms with E-state index in [4.69, 9.17) is 5.11 Å².